The van der Waals surface area contributed by atoms with Crippen LogP contribution in [0.3, 0.4) is 0 Å². The number of nitro groups is 1. The van der Waals surface area contributed by atoms with Crippen molar-refractivity contribution >= 4 is 11.7 Å². The van der Waals surface area contributed by atoms with Crippen LogP contribution in [-0.2, 0) is 9.53 Å². The summed E-state index contributed by atoms with van der Waals surface area (Å²) in [6.07, 6.45) is 5.04. The summed E-state index contributed by atoms with van der Waals surface area (Å²) in [6.45, 7) is 5.53. The van der Waals surface area contributed by atoms with Gasteiger partial charge < -0.3 is 4.74 Å². The van der Waals surface area contributed by atoms with Crippen LogP contribution in [0, 0.1) is 15.5 Å². The third-order valence-electron chi connectivity index (χ3n) is 3.35. The molecule has 0 aromatic rings. The van der Waals surface area contributed by atoms with Crippen molar-refractivity contribution in [1.82, 2.24) is 0 Å². The first-order valence-corrected chi connectivity index (χ1v) is 6.39. The van der Waals surface area contributed by atoms with E-state index in [1.807, 2.05) is 0 Å². The molecular formula is C14H16N2O4. The smallest absolute Gasteiger partial charge is 0.317 e. The largest absolute Gasteiger partial charge is 0.465 e. The lowest BCUT2D eigenvalue weighted by molar-refractivity contribution is -0.427. The van der Waals surface area contributed by atoms with Gasteiger partial charge in [-0.25, -0.2) is 0 Å². The lowest BCUT2D eigenvalue weighted by Gasteiger charge is -2.21. The fourth-order valence-corrected chi connectivity index (χ4v) is 2.05. The molecule has 6 heteroatoms. The minimum Gasteiger partial charge on any atom is -0.465 e. The second kappa shape index (κ2) is 5.03. The van der Waals surface area contributed by atoms with Gasteiger partial charge >= 0.3 is 5.97 Å². The second-order valence-electron chi connectivity index (χ2n) is 5.16. The van der Waals surface area contributed by atoms with Crippen LogP contribution < -0.4 is 0 Å². The Balaban J connectivity index is 2.25. The van der Waals surface area contributed by atoms with Crippen molar-refractivity contribution in [2.75, 3.05) is 6.61 Å². The minimum atomic E-state index is -0.865. The van der Waals surface area contributed by atoms with E-state index in [1.165, 1.54) is 6.08 Å². The van der Waals surface area contributed by atoms with E-state index in [0.717, 1.165) is 5.57 Å². The van der Waals surface area contributed by atoms with Gasteiger partial charge in [0.2, 0.25) is 0 Å². The number of carbonyl (C=O) groups excluding carboxylic acids is 1. The molecule has 0 spiro atoms. The zero-order valence-corrected chi connectivity index (χ0v) is 11.7. The van der Waals surface area contributed by atoms with Gasteiger partial charge in [-0.2, -0.15) is 0 Å². The quantitative estimate of drug-likeness (QED) is 0.448. The van der Waals surface area contributed by atoms with E-state index >= 15 is 0 Å². The van der Waals surface area contributed by atoms with Gasteiger partial charge in [0.05, 0.1) is 29.4 Å². The normalized spacial score (nSPS) is 17.6. The number of hydrogen-bond acceptors (Lipinski definition) is 5. The van der Waals surface area contributed by atoms with E-state index in [1.54, 1.807) is 32.9 Å². The lowest BCUT2D eigenvalue weighted by Crippen LogP contribution is -2.33. The molecule has 1 aliphatic heterocycles. The van der Waals surface area contributed by atoms with Crippen LogP contribution in [0.5, 0.6) is 0 Å². The van der Waals surface area contributed by atoms with E-state index in [4.69, 9.17) is 4.74 Å². The van der Waals surface area contributed by atoms with Gasteiger partial charge in [0.1, 0.15) is 5.41 Å². The monoisotopic (exact) mass is 276 g/mol. The highest BCUT2D eigenvalue weighted by Gasteiger charge is 2.37. The van der Waals surface area contributed by atoms with Crippen LogP contribution in [0.2, 0.25) is 0 Å². The number of carbonyl (C=O) groups is 1. The summed E-state index contributed by atoms with van der Waals surface area (Å²) >= 11 is 0. The second-order valence-corrected chi connectivity index (χ2v) is 5.16. The van der Waals surface area contributed by atoms with Gasteiger partial charge in [-0.15, -0.1) is 0 Å². The summed E-state index contributed by atoms with van der Waals surface area (Å²) in [7, 11) is 0. The van der Waals surface area contributed by atoms with Crippen LogP contribution in [0.1, 0.15) is 27.2 Å². The van der Waals surface area contributed by atoms with Gasteiger partial charge in [0.15, 0.2) is 0 Å². The van der Waals surface area contributed by atoms with E-state index in [-0.39, 0.29) is 18.1 Å². The highest BCUT2D eigenvalue weighted by molar-refractivity contribution is 6.14. The lowest BCUT2D eigenvalue weighted by atomic mass is 9.87. The molecule has 106 valence electrons. The summed E-state index contributed by atoms with van der Waals surface area (Å²) < 4.78 is 5.04. The van der Waals surface area contributed by atoms with E-state index in [0.29, 0.717) is 18.0 Å². The molecule has 0 aromatic heterocycles. The molecule has 2 rings (SSSR count). The van der Waals surface area contributed by atoms with Gasteiger partial charge in [-0.3, -0.25) is 19.9 Å². The van der Waals surface area contributed by atoms with Gasteiger partial charge in [-0.05, 0) is 38.5 Å². The van der Waals surface area contributed by atoms with Gasteiger partial charge in [-0.1, -0.05) is 0 Å². The predicted octanol–water partition coefficient (Wildman–Crippen LogP) is 2.40. The first-order chi connectivity index (χ1) is 9.36. The van der Waals surface area contributed by atoms with Gasteiger partial charge in [0.25, 0.3) is 5.70 Å². The molecule has 0 unspecified atom stereocenters. The van der Waals surface area contributed by atoms with Crippen LogP contribution in [0.15, 0.2) is 40.2 Å². The number of ether oxygens (including phenoxy) is 1. The molecule has 20 heavy (non-hydrogen) atoms. The van der Waals surface area contributed by atoms with Crippen molar-refractivity contribution < 1.29 is 14.5 Å². The fraction of sp³-hybridized carbons (Fsp3) is 0.429. The summed E-state index contributed by atoms with van der Waals surface area (Å²) in [5.74, 6) is -0.350. The standard InChI is InChI=1S/C14H16N2O4/c1-4-20-13(17)14(2,3)12-8-9-7-10(16(18)19)5-6-11(9)15-12/h5-6,8H,4,7H2,1-3H3. The number of esters is 1. The highest BCUT2D eigenvalue weighted by Crippen LogP contribution is 2.34. The average Bonchev–Trinajstić information content (AvgIpc) is 2.82. The first kappa shape index (κ1) is 14.2. The Bertz CT molecular complexity index is 594. The predicted molar refractivity (Wildman–Crippen MR) is 73.7 cm³/mol. The third-order valence-corrected chi connectivity index (χ3v) is 3.35. The van der Waals surface area contributed by atoms with Crippen molar-refractivity contribution in [3.63, 3.8) is 0 Å². The van der Waals surface area contributed by atoms with E-state index in [9.17, 15) is 14.9 Å². The molecule has 0 atom stereocenters. The number of fused-ring (bicyclic) bond motifs is 1. The molecule has 0 bridgehead atoms. The molecular weight excluding hydrogens is 260 g/mol. The summed E-state index contributed by atoms with van der Waals surface area (Å²) in [5.41, 5.74) is 1.30. The first-order valence-electron chi connectivity index (χ1n) is 6.39. The van der Waals surface area contributed by atoms with Crippen molar-refractivity contribution in [2.45, 2.75) is 27.2 Å². The van der Waals surface area contributed by atoms with Crippen LogP contribution >= 0.6 is 0 Å². The summed E-state index contributed by atoms with van der Waals surface area (Å²) in [6, 6.07) is 0. The molecule has 0 saturated heterocycles. The molecule has 0 saturated carbocycles. The van der Waals surface area contributed by atoms with Crippen LogP contribution in [-0.4, -0.2) is 23.2 Å². The molecule has 2 aliphatic rings. The maximum absolute atomic E-state index is 12.0. The maximum atomic E-state index is 12.0. The highest BCUT2D eigenvalue weighted by atomic mass is 16.6. The Kier molecular flexibility index (Phi) is 3.57. The van der Waals surface area contributed by atoms with Crippen molar-refractivity contribution in [2.24, 2.45) is 10.4 Å². The van der Waals surface area contributed by atoms with Crippen LogP contribution in [0.4, 0.5) is 0 Å². The fourth-order valence-electron chi connectivity index (χ4n) is 2.05. The van der Waals surface area contributed by atoms with Crippen LogP contribution in [0.25, 0.3) is 0 Å². The zero-order valence-electron chi connectivity index (χ0n) is 11.7. The summed E-state index contributed by atoms with van der Waals surface area (Å²) in [5, 5.41) is 10.8. The molecule has 6 nitrogen and oxygen atoms in total. The van der Waals surface area contributed by atoms with E-state index < -0.39 is 10.3 Å². The minimum absolute atomic E-state index is 0.130. The van der Waals surface area contributed by atoms with Crippen molar-refractivity contribution in [3.8, 4) is 0 Å². The molecule has 0 aromatic carbocycles. The molecule has 0 radical (unpaired) electrons. The number of aliphatic imine (C=N–C) groups is 1. The zero-order chi connectivity index (χ0) is 14.9. The third kappa shape index (κ3) is 2.41. The SMILES string of the molecule is CCOC(=O)C(C)(C)C1=NC2=CC=C([N+](=O)[O-])CC2=C1. The molecule has 1 heterocycles. The van der Waals surface area contributed by atoms with Crippen molar-refractivity contribution in [3.05, 3.63) is 45.3 Å². The Labute approximate surface area is 116 Å². The molecule has 0 N–H and O–H groups in total. The average molecular weight is 276 g/mol. The van der Waals surface area contributed by atoms with E-state index in [2.05, 4.69) is 4.99 Å². The topological polar surface area (TPSA) is 81.8 Å². The Hall–Kier alpha value is -2.24. The Morgan fingerprint density at radius 3 is 2.80 bits per heavy atom. The number of nitrogens with zero attached hydrogens (tertiary/aromatic N) is 2. The Morgan fingerprint density at radius 2 is 2.20 bits per heavy atom. The number of hydrogen-bond donors (Lipinski definition) is 0. The number of allylic oxidation sites excluding steroid dienone is 5. The van der Waals surface area contributed by atoms with Gasteiger partial charge in [0, 0.05) is 6.08 Å². The number of rotatable bonds is 4. The Morgan fingerprint density at radius 1 is 1.50 bits per heavy atom. The maximum Gasteiger partial charge on any atom is 0.317 e. The van der Waals surface area contributed by atoms with Crippen molar-refractivity contribution in [1.29, 1.82) is 0 Å². The molecule has 0 fully saturated rings. The molecule has 1 aliphatic carbocycles. The summed E-state index contributed by atoms with van der Waals surface area (Å²) in [4.78, 5) is 26.7. The molecule has 0 amide bonds.